The van der Waals surface area contributed by atoms with Crippen molar-refractivity contribution in [1.29, 1.82) is 0 Å². The highest BCUT2D eigenvalue weighted by molar-refractivity contribution is 6.05. The van der Waals surface area contributed by atoms with Gasteiger partial charge in [0.15, 0.2) is 0 Å². The average molecular weight is 485 g/mol. The molecule has 4 rings (SSSR count). The molecule has 2 saturated heterocycles. The third kappa shape index (κ3) is 5.99. The van der Waals surface area contributed by atoms with Gasteiger partial charge in [0.1, 0.15) is 6.04 Å². The quantitative estimate of drug-likeness (QED) is 0.427. The van der Waals surface area contributed by atoms with Crippen LogP contribution in [0.5, 0.6) is 0 Å². The third-order valence-corrected chi connectivity index (χ3v) is 7.26. The van der Waals surface area contributed by atoms with Gasteiger partial charge >= 0.3 is 0 Å². The number of nitrogens with one attached hydrogen (secondary N) is 2. The molecule has 2 atom stereocenters. The maximum atomic E-state index is 12.9. The number of benzene rings is 1. The number of nitrogens with zero attached hydrogens (tertiary/aromatic N) is 3. The van der Waals surface area contributed by atoms with Gasteiger partial charge in [0, 0.05) is 75.9 Å². The van der Waals surface area contributed by atoms with Crippen LogP contribution in [0.3, 0.4) is 0 Å². The van der Waals surface area contributed by atoms with Crippen LogP contribution in [-0.4, -0.2) is 84.8 Å². The SMILES string of the molecule is CCC(N)CCNC(=O)CCN1CCN(c2ccc3c(c2)CN(C2CCC(=O)NC2=O)C3=O)CC1. The first-order valence-electron chi connectivity index (χ1n) is 12.6. The maximum Gasteiger partial charge on any atom is 0.255 e. The number of piperazine rings is 1. The summed E-state index contributed by atoms with van der Waals surface area (Å²) in [6.07, 6.45) is 2.82. The highest BCUT2D eigenvalue weighted by Crippen LogP contribution is 2.30. The lowest BCUT2D eigenvalue weighted by atomic mass is 10.0. The van der Waals surface area contributed by atoms with E-state index < -0.39 is 11.9 Å². The van der Waals surface area contributed by atoms with Gasteiger partial charge in [-0.3, -0.25) is 29.4 Å². The molecule has 3 aliphatic rings. The van der Waals surface area contributed by atoms with Gasteiger partial charge < -0.3 is 20.9 Å². The number of rotatable bonds is 9. The van der Waals surface area contributed by atoms with Crippen molar-refractivity contribution in [2.24, 2.45) is 5.73 Å². The first-order chi connectivity index (χ1) is 16.9. The van der Waals surface area contributed by atoms with Gasteiger partial charge in [0.05, 0.1) is 0 Å². The lowest BCUT2D eigenvalue weighted by Gasteiger charge is -2.36. The van der Waals surface area contributed by atoms with Crippen LogP contribution in [0.15, 0.2) is 18.2 Å². The molecule has 35 heavy (non-hydrogen) atoms. The van der Waals surface area contributed by atoms with Gasteiger partial charge in [-0.15, -0.1) is 0 Å². The van der Waals surface area contributed by atoms with Crippen LogP contribution in [0.1, 0.15) is 54.9 Å². The summed E-state index contributed by atoms with van der Waals surface area (Å²) >= 11 is 0. The Bertz CT molecular complexity index is 975. The fourth-order valence-electron chi connectivity index (χ4n) is 4.94. The number of piperidine rings is 1. The van der Waals surface area contributed by atoms with Crippen LogP contribution in [0.25, 0.3) is 0 Å². The summed E-state index contributed by atoms with van der Waals surface area (Å²) in [5.41, 5.74) is 8.49. The Morgan fingerprint density at radius 1 is 1.20 bits per heavy atom. The predicted molar refractivity (Wildman–Crippen MR) is 132 cm³/mol. The van der Waals surface area contributed by atoms with E-state index in [9.17, 15) is 19.2 Å². The normalized spacial score (nSPS) is 21.7. The van der Waals surface area contributed by atoms with E-state index in [1.54, 1.807) is 4.90 Å². The smallest absolute Gasteiger partial charge is 0.255 e. The molecule has 0 saturated carbocycles. The third-order valence-electron chi connectivity index (χ3n) is 7.26. The molecule has 0 aliphatic carbocycles. The summed E-state index contributed by atoms with van der Waals surface area (Å²) in [6.45, 7) is 7.21. The summed E-state index contributed by atoms with van der Waals surface area (Å²) in [4.78, 5) is 54.9. The van der Waals surface area contributed by atoms with Crippen molar-refractivity contribution in [3.63, 3.8) is 0 Å². The minimum absolute atomic E-state index is 0.0691. The molecule has 3 aliphatic heterocycles. The van der Waals surface area contributed by atoms with Crippen LogP contribution in [0.4, 0.5) is 5.69 Å². The number of fused-ring (bicyclic) bond motifs is 1. The van der Waals surface area contributed by atoms with Crippen LogP contribution >= 0.6 is 0 Å². The van der Waals surface area contributed by atoms with Gasteiger partial charge in [0.25, 0.3) is 5.91 Å². The van der Waals surface area contributed by atoms with Crippen LogP contribution in [0, 0.1) is 0 Å². The number of hydrogen-bond donors (Lipinski definition) is 3. The van der Waals surface area contributed by atoms with E-state index in [0.717, 1.165) is 56.8 Å². The van der Waals surface area contributed by atoms with Crippen molar-refractivity contribution in [3.8, 4) is 0 Å². The standard InChI is InChI=1S/C25H36N6O4/c1-2-18(26)7-9-27-22(32)8-10-29-11-13-30(14-12-29)19-3-4-20-17(15-19)16-31(25(20)35)21-5-6-23(33)28-24(21)34/h3-4,15,18,21H,2,5-14,16,26H2,1H3,(H,27,32)(H,28,33,34). The molecular weight excluding hydrogens is 448 g/mol. The first-order valence-corrected chi connectivity index (χ1v) is 12.6. The molecule has 4 N–H and O–H groups in total. The molecule has 0 bridgehead atoms. The molecule has 3 heterocycles. The minimum atomic E-state index is -0.597. The van der Waals surface area contributed by atoms with Gasteiger partial charge in [-0.1, -0.05) is 6.92 Å². The molecule has 2 unspecified atom stereocenters. The molecule has 2 fully saturated rings. The van der Waals surface area contributed by atoms with E-state index >= 15 is 0 Å². The fourth-order valence-corrected chi connectivity index (χ4v) is 4.94. The average Bonchev–Trinajstić information content (AvgIpc) is 3.18. The Balaban J connectivity index is 1.25. The second-order valence-corrected chi connectivity index (χ2v) is 9.63. The molecule has 0 aromatic heterocycles. The van der Waals surface area contributed by atoms with Gasteiger partial charge in [-0.05, 0) is 43.0 Å². The van der Waals surface area contributed by atoms with E-state index in [0.29, 0.717) is 31.5 Å². The minimum Gasteiger partial charge on any atom is -0.369 e. The fraction of sp³-hybridized carbons (Fsp3) is 0.600. The van der Waals surface area contributed by atoms with E-state index in [-0.39, 0.29) is 30.2 Å². The lowest BCUT2D eigenvalue weighted by Crippen LogP contribution is -2.52. The van der Waals surface area contributed by atoms with E-state index in [2.05, 4.69) is 20.4 Å². The zero-order valence-corrected chi connectivity index (χ0v) is 20.4. The highest BCUT2D eigenvalue weighted by Gasteiger charge is 2.39. The Morgan fingerprint density at radius 3 is 2.69 bits per heavy atom. The molecule has 190 valence electrons. The molecule has 10 nitrogen and oxygen atoms in total. The molecule has 10 heteroatoms. The van der Waals surface area contributed by atoms with Crippen LogP contribution in [0.2, 0.25) is 0 Å². The van der Waals surface area contributed by atoms with E-state index in [4.69, 9.17) is 5.73 Å². The summed E-state index contributed by atoms with van der Waals surface area (Å²) in [5, 5.41) is 5.29. The molecular formula is C25H36N6O4. The zero-order chi connectivity index (χ0) is 24.9. The van der Waals surface area contributed by atoms with Crippen LogP contribution in [-0.2, 0) is 20.9 Å². The second-order valence-electron chi connectivity index (χ2n) is 9.63. The Morgan fingerprint density at radius 2 is 1.97 bits per heavy atom. The summed E-state index contributed by atoms with van der Waals surface area (Å²) in [7, 11) is 0. The Hall–Kier alpha value is -2.98. The number of nitrogens with two attached hydrogens (primary N) is 1. The number of imide groups is 1. The monoisotopic (exact) mass is 484 g/mol. The lowest BCUT2D eigenvalue weighted by molar-refractivity contribution is -0.137. The van der Waals surface area contributed by atoms with Crippen molar-refractivity contribution < 1.29 is 19.2 Å². The topological polar surface area (TPSA) is 128 Å². The molecule has 0 radical (unpaired) electrons. The van der Waals surface area contributed by atoms with E-state index in [1.807, 2.05) is 25.1 Å². The van der Waals surface area contributed by atoms with Crippen molar-refractivity contribution in [1.82, 2.24) is 20.4 Å². The predicted octanol–water partition coefficient (Wildman–Crippen LogP) is 0.203. The number of carbonyl (C=O) groups excluding carboxylic acids is 4. The Labute approximate surface area is 206 Å². The van der Waals surface area contributed by atoms with Crippen molar-refractivity contribution in [3.05, 3.63) is 29.3 Å². The molecule has 1 aromatic carbocycles. The summed E-state index contributed by atoms with van der Waals surface area (Å²) < 4.78 is 0. The van der Waals surface area contributed by atoms with Crippen molar-refractivity contribution in [2.75, 3.05) is 44.2 Å². The Kier molecular flexibility index (Phi) is 8.02. The molecule has 1 aromatic rings. The molecule has 4 amide bonds. The zero-order valence-electron chi connectivity index (χ0n) is 20.4. The number of anilines is 1. The first kappa shape index (κ1) is 25.1. The summed E-state index contributed by atoms with van der Waals surface area (Å²) in [5.74, 6) is -0.758. The highest BCUT2D eigenvalue weighted by atomic mass is 16.2. The molecule has 0 spiro atoms. The van der Waals surface area contributed by atoms with Crippen molar-refractivity contribution >= 4 is 29.3 Å². The van der Waals surface area contributed by atoms with Crippen LogP contribution < -0.4 is 21.3 Å². The maximum absolute atomic E-state index is 12.9. The largest absolute Gasteiger partial charge is 0.369 e. The number of amides is 4. The van der Waals surface area contributed by atoms with Gasteiger partial charge in [-0.25, -0.2) is 0 Å². The number of hydrogen-bond acceptors (Lipinski definition) is 7. The van der Waals surface area contributed by atoms with Crippen molar-refractivity contribution in [2.45, 2.75) is 57.7 Å². The van der Waals surface area contributed by atoms with Gasteiger partial charge in [-0.2, -0.15) is 0 Å². The number of carbonyl (C=O) groups is 4. The van der Waals surface area contributed by atoms with Gasteiger partial charge in [0.2, 0.25) is 17.7 Å². The second kappa shape index (κ2) is 11.2. The van der Waals surface area contributed by atoms with E-state index in [1.165, 1.54) is 0 Å². The summed E-state index contributed by atoms with van der Waals surface area (Å²) in [6, 6.07) is 5.40.